The Labute approximate surface area is 151 Å². The van der Waals surface area contributed by atoms with E-state index >= 15 is 0 Å². The summed E-state index contributed by atoms with van der Waals surface area (Å²) in [4.78, 5) is 8.43. The molecule has 130 valence electrons. The molecule has 3 heterocycles. The highest BCUT2D eigenvalue weighted by molar-refractivity contribution is 5.70. The molecule has 3 aromatic heterocycles. The smallest absolute Gasteiger partial charge is 0.212 e. The molecule has 0 unspecified atom stereocenters. The van der Waals surface area contributed by atoms with Gasteiger partial charge in [0.2, 0.25) is 5.88 Å². The molecule has 4 aromatic rings. The number of rotatable bonds is 5. The van der Waals surface area contributed by atoms with Crippen molar-refractivity contribution in [2.75, 3.05) is 7.11 Å². The van der Waals surface area contributed by atoms with Crippen LogP contribution in [0.15, 0.2) is 67.4 Å². The second-order valence-electron chi connectivity index (χ2n) is 6.06. The first-order valence-electron chi connectivity index (χ1n) is 8.32. The summed E-state index contributed by atoms with van der Waals surface area (Å²) in [6.45, 7) is 0.693. The lowest BCUT2D eigenvalue weighted by molar-refractivity contribution is 0.398. The summed E-state index contributed by atoms with van der Waals surface area (Å²) in [5.41, 5.74) is 5.26. The third kappa shape index (κ3) is 3.21. The van der Waals surface area contributed by atoms with Gasteiger partial charge in [0.25, 0.3) is 0 Å². The van der Waals surface area contributed by atoms with Gasteiger partial charge in [-0.15, -0.1) is 0 Å². The molecule has 0 amide bonds. The van der Waals surface area contributed by atoms with E-state index in [9.17, 15) is 0 Å². The zero-order valence-corrected chi connectivity index (χ0v) is 14.7. The molecule has 0 saturated heterocycles. The van der Waals surface area contributed by atoms with Crippen LogP contribution in [-0.2, 0) is 13.6 Å². The van der Waals surface area contributed by atoms with Crippen molar-refractivity contribution in [3.05, 3.63) is 73.1 Å². The van der Waals surface area contributed by atoms with E-state index < -0.39 is 0 Å². The minimum absolute atomic E-state index is 0.610. The molecular formula is C20H19N5O. The summed E-state index contributed by atoms with van der Waals surface area (Å²) in [6.07, 6.45) is 7.47. The predicted octanol–water partition coefficient (Wildman–Crippen LogP) is 3.40. The Balaban J connectivity index is 1.59. The Morgan fingerprint density at radius 1 is 1.00 bits per heavy atom. The van der Waals surface area contributed by atoms with Crippen LogP contribution in [0, 0.1) is 0 Å². The van der Waals surface area contributed by atoms with E-state index in [1.54, 1.807) is 13.4 Å². The highest BCUT2D eigenvalue weighted by atomic mass is 16.5. The molecule has 0 spiro atoms. The van der Waals surface area contributed by atoms with E-state index in [4.69, 9.17) is 9.84 Å². The molecule has 6 nitrogen and oxygen atoms in total. The normalized spacial score (nSPS) is 10.8. The highest BCUT2D eigenvalue weighted by Crippen LogP contribution is 2.26. The van der Waals surface area contributed by atoms with E-state index in [1.165, 1.54) is 0 Å². The molecule has 1 aromatic carbocycles. The lowest BCUT2D eigenvalue weighted by Crippen LogP contribution is -2.04. The Morgan fingerprint density at radius 3 is 2.62 bits per heavy atom. The molecule has 4 rings (SSSR count). The number of aryl methyl sites for hydroxylation is 1. The number of hydrogen-bond donors (Lipinski definition) is 0. The largest absolute Gasteiger partial charge is 0.481 e. The Morgan fingerprint density at radius 2 is 1.88 bits per heavy atom. The van der Waals surface area contributed by atoms with E-state index in [0.717, 1.165) is 28.1 Å². The van der Waals surface area contributed by atoms with Gasteiger partial charge in [-0.05, 0) is 23.8 Å². The molecule has 0 bridgehead atoms. The van der Waals surface area contributed by atoms with Crippen molar-refractivity contribution in [3.8, 4) is 28.3 Å². The maximum Gasteiger partial charge on any atom is 0.212 e. The molecule has 0 aliphatic heterocycles. The fraction of sp³-hybridized carbons (Fsp3) is 0.150. The van der Waals surface area contributed by atoms with Gasteiger partial charge >= 0.3 is 0 Å². The van der Waals surface area contributed by atoms with Gasteiger partial charge in [0.1, 0.15) is 0 Å². The van der Waals surface area contributed by atoms with Crippen LogP contribution in [0.4, 0.5) is 0 Å². The predicted molar refractivity (Wildman–Crippen MR) is 99.8 cm³/mol. The van der Waals surface area contributed by atoms with Gasteiger partial charge in [-0.3, -0.25) is 4.68 Å². The highest BCUT2D eigenvalue weighted by Gasteiger charge is 2.07. The number of aromatic nitrogens is 5. The van der Waals surface area contributed by atoms with Crippen LogP contribution in [0.25, 0.3) is 22.4 Å². The molecule has 6 heteroatoms. The first-order chi connectivity index (χ1) is 12.7. The number of ether oxygens (including phenoxy) is 1. The van der Waals surface area contributed by atoms with Crippen molar-refractivity contribution in [1.29, 1.82) is 0 Å². The van der Waals surface area contributed by atoms with Crippen molar-refractivity contribution >= 4 is 0 Å². The van der Waals surface area contributed by atoms with Gasteiger partial charge in [-0.25, -0.2) is 9.97 Å². The molecular weight excluding hydrogens is 326 g/mol. The summed E-state index contributed by atoms with van der Waals surface area (Å²) < 4.78 is 9.05. The van der Waals surface area contributed by atoms with Crippen molar-refractivity contribution in [1.82, 2.24) is 24.3 Å². The zero-order chi connectivity index (χ0) is 17.9. The summed E-state index contributed by atoms with van der Waals surface area (Å²) in [7, 11) is 3.60. The average molecular weight is 345 g/mol. The lowest BCUT2D eigenvalue weighted by atomic mass is 10.0. The van der Waals surface area contributed by atoms with Crippen LogP contribution in [-0.4, -0.2) is 31.4 Å². The number of hydrogen-bond acceptors (Lipinski definition) is 4. The third-order valence-electron chi connectivity index (χ3n) is 4.32. The van der Waals surface area contributed by atoms with E-state index in [1.807, 2.05) is 59.2 Å². The number of benzene rings is 1. The third-order valence-corrected chi connectivity index (χ3v) is 4.32. The summed E-state index contributed by atoms with van der Waals surface area (Å²) >= 11 is 0. The molecule has 0 atom stereocenters. The summed E-state index contributed by atoms with van der Waals surface area (Å²) in [5, 5.41) is 4.70. The van der Waals surface area contributed by atoms with E-state index in [2.05, 4.69) is 28.2 Å². The fourth-order valence-corrected chi connectivity index (χ4v) is 2.84. The van der Waals surface area contributed by atoms with Crippen LogP contribution in [0.3, 0.4) is 0 Å². The Bertz CT molecular complexity index is 1020. The van der Waals surface area contributed by atoms with E-state index in [-0.39, 0.29) is 0 Å². The zero-order valence-electron chi connectivity index (χ0n) is 14.7. The Kier molecular flexibility index (Phi) is 4.23. The van der Waals surface area contributed by atoms with Crippen LogP contribution in [0.1, 0.15) is 5.69 Å². The molecule has 0 saturated carbocycles. The SMILES string of the molecule is COc1ccc(-c2cccc(-c3ccn(Cc4cncn4C)n3)c2)cn1. The first-order valence-corrected chi connectivity index (χ1v) is 8.32. The van der Waals surface area contributed by atoms with Crippen molar-refractivity contribution in [3.63, 3.8) is 0 Å². The van der Waals surface area contributed by atoms with Gasteiger partial charge in [-0.1, -0.05) is 18.2 Å². The fourth-order valence-electron chi connectivity index (χ4n) is 2.84. The van der Waals surface area contributed by atoms with Crippen molar-refractivity contribution < 1.29 is 4.74 Å². The van der Waals surface area contributed by atoms with Gasteiger partial charge in [0, 0.05) is 36.6 Å². The number of methoxy groups -OCH3 is 1. The number of nitrogens with zero attached hydrogens (tertiary/aromatic N) is 5. The van der Waals surface area contributed by atoms with Gasteiger partial charge in [-0.2, -0.15) is 5.10 Å². The van der Waals surface area contributed by atoms with Gasteiger partial charge in [0.15, 0.2) is 0 Å². The van der Waals surface area contributed by atoms with Gasteiger partial charge in [0.05, 0.1) is 37.6 Å². The maximum absolute atomic E-state index is 5.12. The average Bonchev–Trinajstić information content (AvgIpc) is 3.32. The van der Waals surface area contributed by atoms with Gasteiger partial charge < -0.3 is 9.30 Å². The minimum atomic E-state index is 0.610. The lowest BCUT2D eigenvalue weighted by Gasteiger charge is -2.05. The molecule has 0 radical (unpaired) electrons. The summed E-state index contributed by atoms with van der Waals surface area (Å²) in [5.74, 6) is 0.610. The molecule has 0 N–H and O–H groups in total. The quantitative estimate of drug-likeness (QED) is 0.556. The van der Waals surface area contributed by atoms with Crippen LogP contribution < -0.4 is 4.74 Å². The number of pyridine rings is 1. The second kappa shape index (κ2) is 6.84. The molecule has 26 heavy (non-hydrogen) atoms. The summed E-state index contributed by atoms with van der Waals surface area (Å²) in [6, 6.07) is 14.2. The second-order valence-corrected chi connectivity index (χ2v) is 6.06. The van der Waals surface area contributed by atoms with E-state index in [0.29, 0.717) is 12.4 Å². The van der Waals surface area contributed by atoms with Crippen molar-refractivity contribution in [2.24, 2.45) is 7.05 Å². The minimum Gasteiger partial charge on any atom is -0.481 e. The number of imidazole rings is 1. The van der Waals surface area contributed by atoms with Crippen molar-refractivity contribution in [2.45, 2.75) is 6.54 Å². The molecule has 0 aliphatic carbocycles. The first kappa shape index (κ1) is 16.1. The Hall–Kier alpha value is -3.41. The standard InChI is InChI=1S/C20H19N5O/c1-24-14-21-12-18(24)13-25-9-8-19(23-25)16-5-3-4-15(10-16)17-6-7-20(26-2)22-11-17/h3-12,14H,13H2,1-2H3. The van der Waals surface area contributed by atoms with Crippen LogP contribution in [0.2, 0.25) is 0 Å². The topological polar surface area (TPSA) is 57.8 Å². The maximum atomic E-state index is 5.12. The van der Waals surface area contributed by atoms with Crippen LogP contribution >= 0.6 is 0 Å². The molecule has 0 aliphatic rings. The monoisotopic (exact) mass is 345 g/mol. The molecule has 0 fully saturated rings. The van der Waals surface area contributed by atoms with Crippen LogP contribution in [0.5, 0.6) is 5.88 Å².